The van der Waals surface area contributed by atoms with E-state index in [1.807, 2.05) is 6.07 Å². The van der Waals surface area contributed by atoms with Crippen LogP contribution < -0.4 is 9.47 Å². The molecule has 0 saturated carbocycles. The lowest BCUT2D eigenvalue weighted by Gasteiger charge is -2.31. The Balaban J connectivity index is 2.15. The van der Waals surface area contributed by atoms with Crippen LogP contribution in [-0.2, 0) is 6.54 Å². The van der Waals surface area contributed by atoms with E-state index in [0.717, 1.165) is 28.4 Å². The number of ether oxygens (including phenoxy) is 2. The molecule has 1 unspecified atom stereocenters. The third-order valence-electron chi connectivity index (χ3n) is 3.69. The largest absolute Gasteiger partial charge is 0.493 e. The van der Waals surface area contributed by atoms with Crippen molar-refractivity contribution in [3.05, 3.63) is 22.2 Å². The molecule has 0 radical (unpaired) electrons. The van der Waals surface area contributed by atoms with Crippen molar-refractivity contribution in [1.29, 1.82) is 0 Å². The molecule has 1 atom stereocenters. The zero-order valence-electron chi connectivity index (χ0n) is 11.9. The normalized spacial score (nSPS) is 20.3. The molecule has 1 heterocycles. The Bertz CT molecular complexity index is 436. The predicted octanol–water partition coefficient (Wildman–Crippen LogP) is 3.70. The van der Waals surface area contributed by atoms with Gasteiger partial charge in [0.05, 0.1) is 14.2 Å². The highest BCUT2D eigenvalue weighted by Gasteiger charge is 2.18. The molecule has 1 aromatic rings. The summed E-state index contributed by atoms with van der Waals surface area (Å²) in [6.45, 7) is 5.66. The average Bonchev–Trinajstić information content (AvgIpc) is 2.40. The highest BCUT2D eigenvalue weighted by molar-refractivity contribution is 9.10. The lowest BCUT2D eigenvalue weighted by atomic mass is 10.00. The van der Waals surface area contributed by atoms with Crippen molar-refractivity contribution >= 4 is 15.9 Å². The average molecular weight is 328 g/mol. The van der Waals surface area contributed by atoms with E-state index in [1.165, 1.54) is 31.5 Å². The second-order valence-electron chi connectivity index (χ2n) is 5.28. The Kier molecular flexibility index (Phi) is 5.11. The van der Waals surface area contributed by atoms with Gasteiger partial charge in [0.15, 0.2) is 11.5 Å². The van der Waals surface area contributed by atoms with Gasteiger partial charge in [-0.05, 0) is 43.0 Å². The lowest BCUT2D eigenvalue weighted by molar-refractivity contribution is 0.176. The zero-order chi connectivity index (χ0) is 13.8. The van der Waals surface area contributed by atoms with E-state index in [0.29, 0.717) is 0 Å². The first-order chi connectivity index (χ1) is 9.13. The van der Waals surface area contributed by atoms with Gasteiger partial charge in [0.1, 0.15) is 0 Å². The number of likely N-dealkylation sites (tertiary alicyclic amines) is 1. The fraction of sp³-hybridized carbons (Fsp3) is 0.600. The summed E-state index contributed by atoms with van der Waals surface area (Å²) < 4.78 is 11.8. The summed E-state index contributed by atoms with van der Waals surface area (Å²) in [7, 11) is 3.34. The third-order valence-corrected chi connectivity index (χ3v) is 4.43. The Morgan fingerprint density at radius 2 is 1.95 bits per heavy atom. The van der Waals surface area contributed by atoms with E-state index in [1.54, 1.807) is 14.2 Å². The number of piperidine rings is 1. The summed E-state index contributed by atoms with van der Waals surface area (Å²) in [5.41, 5.74) is 1.26. The Hall–Kier alpha value is -0.740. The van der Waals surface area contributed by atoms with E-state index in [-0.39, 0.29) is 0 Å². The summed E-state index contributed by atoms with van der Waals surface area (Å²) in [5.74, 6) is 2.36. The minimum absolute atomic E-state index is 0.769. The highest BCUT2D eigenvalue weighted by Crippen LogP contribution is 2.34. The van der Waals surface area contributed by atoms with E-state index < -0.39 is 0 Å². The molecular formula is C15H22BrNO2. The fourth-order valence-corrected chi connectivity index (χ4v) is 3.14. The van der Waals surface area contributed by atoms with Crippen molar-refractivity contribution in [2.45, 2.75) is 26.3 Å². The standard InChI is InChI=1S/C15H22BrNO2/c1-11-5-4-6-17(9-11)10-12-7-14(18-2)15(19-3)8-13(12)16/h7-8,11H,4-6,9-10H2,1-3H3. The van der Waals surface area contributed by atoms with Crippen LogP contribution in [0.4, 0.5) is 0 Å². The molecule has 106 valence electrons. The molecule has 1 saturated heterocycles. The molecule has 1 aliphatic heterocycles. The molecular weight excluding hydrogens is 306 g/mol. The summed E-state index contributed by atoms with van der Waals surface area (Å²) in [5, 5.41) is 0. The van der Waals surface area contributed by atoms with Crippen LogP contribution >= 0.6 is 15.9 Å². The maximum absolute atomic E-state index is 5.38. The highest BCUT2D eigenvalue weighted by atomic mass is 79.9. The van der Waals surface area contributed by atoms with Crippen LogP contribution in [0.2, 0.25) is 0 Å². The first-order valence-electron chi connectivity index (χ1n) is 6.76. The molecule has 0 spiro atoms. The maximum Gasteiger partial charge on any atom is 0.161 e. The number of hydrogen-bond acceptors (Lipinski definition) is 3. The molecule has 1 aliphatic rings. The van der Waals surface area contributed by atoms with Gasteiger partial charge in [0.25, 0.3) is 0 Å². The number of nitrogens with zero attached hydrogens (tertiary/aromatic N) is 1. The van der Waals surface area contributed by atoms with Crippen LogP contribution in [0.25, 0.3) is 0 Å². The van der Waals surface area contributed by atoms with Crippen molar-refractivity contribution in [3.8, 4) is 11.5 Å². The van der Waals surface area contributed by atoms with Gasteiger partial charge in [-0.3, -0.25) is 4.90 Å². The lowest BCUT2D eigenvalue weighted by Crippen LogP contribution is -2.33. The van der Waals surface area contributed by atoms with Gasteiger partial charge in [0, 0.05) is 17.6 Å². The zero-order valence-corrected chi connectivity index (χ0v) is 13.5. The summed E-state index contributed by atoms with van der Waals surface area (Å²) in [6, 6.07) is 4.06. The summed E-state index contributed by atoms with van der Waals surface area (Å²) in [4.78, 5) is 2.51. The molecule has 19 heavy (non-hydrogen) atoms. The van der Waals surface area contributed by atoms with E-state index >= 15 is 0 Å². The van der Waals surface area contributed by atoms with E-state index in [4.69, 9.17) is 9.47 Å². The van der Waals surface area contributed by atoms with Crippen molar-refractivity contribution in [3.63, 3.8) is 0 Å². The first kappa shape index (κ1) is 14.7. The number of rotatable bonds is 4. The summed E-state index contributed by atoms with van der Waals surface area (Å²) >= 11 is 3.63. The van der Waals surface area contributed by atoms with E-state index in [2.05, 4.69) is 33.8 Å². The van der Waals surface area contributed by atoms with Crippen LogP contribution in [0.1, 0.15) is 25.3 Å². The predicted molar refractivity (Wildman–Crippen MR) is 80.9 cm³/mol. The number of halogens is 1. The van der Waals surface area contributed by atoms with Crippen molar-refractivity contribution in [2.75, 3.05) is 27.3 Å². The molecule has 0 aliphatic carbocycles. The van der Waals surface area contributed by atoms with Crippen LogP contribution in [0.15, 0.2) is 16.6 Å². The minimum Gasteiger partial charge on any atom is -0.493 e. The van der Waals surface area contributed by atoms with Gasteiger partial charge < -0.3 is 9.47 Å². The molecule has 1 fully saturated rings. The number of benzene rings is 1. The van der Waals surface area contributed by atoms with Crippen molar-refractivity contribution in [1.82, 2.24) is 4.90 Å². The topological polar surface area (TPSA) is 21.7 Å². The van der Waals surface area contributed by atoms with Crippen LogP contribution in [0.5, 0.6) is 11.5 Å². The molecule has 0 bridgehead atoms. The molecule has 2 rings (SSSR count). The van der Waals surface area contributed by atoms with Gasteiger partial charge in [-0.25, -0.2) is 0 Å². The SMILES string of the molecule is COc1cc(Br)c(CN2CCCC(C)C2)cc1OC. The van der Waals surface area contributed by atoms with Gasteiger partial charge in [-0.2, -0.15) is 0 Å². The van der Waals surface area contributed by atoms with Crippen LogP contribution in [0, 0.1) is 5.92 Å². The molecule has 3 nitrogen and oxygen atoms in total. The van der Waals surface area contributed by atoms with E-state index in [9.17, 15) is 0 Å². The van der Waals surface area contributed by atoms with Gasteiger partial charge in [-0.1, -0.05) is 22.9 Å². The third kappa shape index (κ3) is 3.63. The minimum atomic E-state index is 0.769. The van der Waals surface area contributed by atoms with Crippen LogP contribution in [-0.4, -0.2) is 32.2 Å². The molecule has 1 aromatic carbocycles. The Morgan fingerprint density at radius 1 is 1.26 bits per heavy atom. The molecule has 4 heteroatoms. The number of hydrogen-bond donors (Lipinski definition) is 0. The second-order valence-corrected chi connectivity index (χ2v) is 6.14. The maximum atomic E-state index is 5.38. The number of methoxy groups -OCH3 is 2. The van der Waals surface area contributed by atoms with Crippen molar-refractivity contribution in [2.24, 2.45) is 5.92 Å². The first-order valence-corrected chi connectivity index (χ1v) is 7.56. The monoisotopic (exact) mass is 327 g/mol. The molecule has 0 aromatic heterocycles. The van der Waals surface area contributed by atoms with Gasteiger partial charge in [0.2, 0.25) is 0 Å². The Morgan fingerprint density at radius 3 is 2.58 bits per heavy atom. The molecule has 0 amide bonds. The van der Waals surface area contributed by atoms with Crippen LogP contribution in [0.3, 0.4) is 0 Å². The second kappa shape index (κ2) is 6.62. The fourth-order valence-electron chi connectivity index (χ4n) is 2.69. The quantitative estimate of drug-likeness (QED) is 0.841. The molecule has 0 N–H and O–H groups in total. The summed E-state index contributed by atoms with van der Waals surface area (Å²) in [6.07, 6.45) is 2.65. The van der Waals surface area contributed by atoms with Gasteiger partial charge >= 0.3 is 0 Å². The van der Waals surface area contributed by atoms with Crippen molar-refractivity contribution < 1.29 is 9.47 Å². The Labute approximate surface area is 124 Å². The smallest absolute Gasteiger partial charge is 0.161 e. The van der Waals surface area contributed by atoms with Gasteiger partial charge in [-0.15, -0.1) is 0 Å².